The predicted octanol–water partition coefficient (Wildman–Crippen LogP) is 4.57. The number of aromatic hydroxyl groups is 1. The van der Waals surface area contributed by atoms with Crippen LogP contribution in [0.15, 0.2) is 42.5 Å². The standard InChI is InChI=1S/C20H24N2O4/c23-18-13-14(22(25)26)11-12-17(18)21-20(24)19-15-9-7-5-3-1-2-4-6-8-10-16(15)19/h3-6,11-13,15-16,19,23H,1-2,7-10H2,(H,21,24)/b5-3-,6-4+/t15-,16+,19?/m1/s1. The van der Waals surface area contributed by atoms with E-state index in [9.17, 15) is 20.0 Å². The van der Waals surface area contributed by atoms with Crippen LogP contribution in [-0.2, 0) is 4.79 Å². The van der Waals surface area contributed by atoms with E-state index < -0.39 is 4.92 Å². The number of hydrogen-bond donors (Lipinski definition) is 2. The molecule has 0 aliphatic heterocycles. The van der Waals surface area contributed by atoms with Gasteiger partial charge in [-0.15, -0.1) is 0 Å². The summed E-state index contributed by atoms with van der Waals surface area (Å²) in [6.45, 7) is 0. The van der Waals surface area contributed by atoms with Crippen LogP contribution in [0.25, 0.3) is 0 Å². The smallest absolute Gasteiger partial charge is 0.273 e. The van der Waals surface area contributed by atoms with Crippen LogP contribution in [0.2, 0.25) is 0 Å². The number of fused-ring (bicyclic) bond motifs is 1. The molecule has 0 radical (unpaired) electrons. The van der Waals surface area contributed by atoms with Crippen molar-refractivity contribution in [3.05, 3.63) is 52.6 Å². The third kappa shape index (κ3) is 4.31. The van der Waals surface area contributed by atoms with Crippen LogP contribution in [0, 0.1) is 27.9 Å². The Labute approximate surface area is 152 Å². The van der Waals surface area contributed by atoms with E-state index in [1.807, 2.05) is 0 Å². The van der Waals surface area contributed by atoms with Gasteiger partial charge in [0.05, 0.1) is 16.7 Å². The molecule has 1 saturated carbocycles. The number of nitrogens with one attached hydrogen (secondary N) is 1. The molecular formula is C20H24N2O4. The lowest BCUT2D eigenvalue weighted by atomic mass is 10.1. The Morgan fingerprint density at radius 1 is 1.04 bits per heavy atom. The average Bonchev–Trinajstić information content (AvgIpc) is 3.29. The number of allylic oxidation sites excluding steroid dienone is 4. The van der Waals surface area contributed by atoms with Crippen molar-refractivity contribution in [3.63, 3.8) is 0 Å². The molecule has 0 saturated heterocycles. The second-order valence-corrected chi connectivity index (χ2v) is 6.98. The topological polar surface area (TPSA) is 92.5 Å². The molecule has 1 unspecified atom stereocenters. The molecule has 6 heteroatoms. The number of rotatable bonds is 3. The molecular weight excluding hydrogens is 332 g/mol. The summed E-state index contributed by atoms with van der Waals surface area (Å²) in [5.74, 6) is 0.303. The maximum atomic E-state index is 12.7. The normalized spacial score (nSPS) is 27.9. The van der Waals surface area contributed by atoms with Gasteiger partial charge in [0, 0.05) is 12.0 Å². The number of anilines is 1. The van der Waals surface area contributed by atoms with Crippen molar-refractivity contribution in [1.82, 2.24) is 0 Å². The van der Waals surface area contributed by atoms with Gasteiger partial charge in [0.2, 0.25) is 5.91 Å². The predicted molar refractivity (Wildman–Crippen MR) is 99.8 cm³/mol. The monoisotopic (exact) mass is 356 g/mol. The zero-order valence-corrected chi connectivity index (χ0v) is 14.6. The van der Waals surface area contributed by atoms with Gasteiger partial charge in [-0.1, -0.05) is 24.3 Å². The van der Waals surface area contributed by atoms with E-state index in [4.69, 9.17) is 0 Å². The number of carbonyl (C=O) groups excluding carboxylic acids is 1. The molecule has 1 aromatic rings. The Hall–Kier alpha value is -2.63. The second kappa shape index (κ2) is 8.17. The van der Waals surface area contributed by atoms with Crippen LogP contribution < -0.4 is 5.32 Å². The molecule has 0 bridgehead atoms. The average molecular weight is 356 g/mol. The number of nitrogens with zero attached hydrogens (tertiary/aromatic N) is 1. The van der Waals surface area contributed by atoms with Crippen LogP contribution in [0.5, 0.6) is 5.75 Å². The van der Waals surface area contributed by atoms with Gasteiger partial charge in [-0.2, -0.15) is 0 Å². The van der Waals surface area contributed by atoms with Crippen LogP contribution in [-0.4, -0.2) is 15.9 Å². The van der Waals surface area contributed by atoms with E-state index in [1.54, 1.807) is 0 Å². The highest BCUT2D eigenvalue weighted by molar-refractivity contribution is 5.96. The molecule has 26 heavy (non-hydrogen) atoms. The zero-order chi connectivity index (χ0) is 18.5. The number of phenols is 1. The minimum absolute atomic E-state index is 0.0489. The van der Waals surface area contributed by atoms with Gasteiger partial charge in [-0.05, 0) is 56.4 Å². The van der Waals surface area contributed by atoms with Gasteiger partial charge in [0.15, 0.2) is 0 Å². The summed E-state index contributed by atoms with van der Waals surface area (Å²) >= 11 is 0. The van der Waals surface area contributed by atoms with Crippen LogP contribution in [0.1, 0.15) is 38.5 Å². The summed E-state index contributed by atoms with van der Waals surface area (Å²) in [5, 5.41) is 23.4. The molecule has 6 nitrogen and oxygen atoms in total. The highest BCUT2D eigenvalue weighted by Crippen LogP contribution is 2.52. The molecule has 2 aliphatic rings. The molecule has 1 fully saturated rings. The molecule has 2 N–H and O–H groups in total. The molecule has 3 rings (SSSR count). The van der Waals surface area contributed by atoms with E-state index >= 15 is 0 Å². The lowest BCUT2D eigenvalue weighted by molar-refractivity contribution is -0.384. The van der Waals surface area contributed by atoms with Gasteiger partial charge < -0.3 is 10.4 Å². The molecule has 1 aromatic carbocycles. The van der Waals surface area contributed by atoms with E-state index in [2.05, 4.69) is 29.6 Å². The van der Waals surface area contributed by atoms with Crippen molar-refractivity contribution in [2.75, 3.05) is 5.32 Å². The lowest BCUT2D eigenvalue weighted by Crippen LogP contribution is -2.16. The van der Waals surface area contributed by atoms with Crippen LogP contribution in [0.3, 0.4) is 0 Å². The lowest BCUT2D eigenvalue weighted by Gasteiger charge is -2.07. The van der Waals surface area contributed by atoms with Crippen molar-refractivity contribution in [2.24, 2.45) is 17.8 Å². The van der Waals surface area contributed by atoms with E-state index in [1.165, 1.54) is 12.1 Å². The molecule has 0 spiro atoms. The molecule has 2 aliphatic carbocycles. The minimum Gasteiger partial charge on any atom is -0.506 e. The molecule has 0 aromatic heterocycles. The van der Waals surface area contributed by atoms with Gasteiger partial charge in [0.1, 0.15) is 5.75 Å². The Kier molecular flexibility index (Phi) is 5.71. The Balaban J connectivity index is 1.65. The first-order valence-electron chi connectivity index (χ1n) is 9.16. The first-order chi connectivity index (χ1) is 12.6. The zero-order valence-electron chi connectivity index (χ0n) is 14.6. The summed E-state index contributed by atoms with van der Waals surface area (Å²) in [6, 6.07) is 3.72. The number of non-ortho nitro benzene ring substituents is 1. The maximum absolute atomic E-state index is 12.7. The summed E-state index contributed by atoms with van der Waals surface area (Å²) < 4.78 is 0. The van der Waals surface area contributed by atoms with Crippen molar-refractivity contribution in [2.45, 2.75) is 38.5 Å². The number of carbonyl (C=O) groups is 1. The minimum atomic E-state index is -0.577. The fourth-order valence-electron chi connectivity index (χ4n) is 3.82. The largest absolute Gasteiger partial charge is 0.506 e. The van der Waals surface area contributed by atoms with E-state index in [0.717, 1.165) is 44.6 Å². The second-order valence-electron chi connectivity index (χ2n) is 6.98. The van der Waals surface area contributed by atoms with Gasteiger partial charge in [-0.3, -0.25) is 14.9 Å². The quantitative estimate of drug-likeness (QED) is 0.359. The number of amides is 1. The number of nitro benzene ring substituents is 1. The summed E-state index contributed by atoms with van der Waals surface area (Å²) in [7, 11) is 0. The first-order valence-corrected chi connectivity index (χ1v) is 9.16. The fourth-order valence-corrected chi connectivity index (χ4v) is 3.82. The Morgan fingerprint density at radius 2 is 1.62 bits per heavy atom. The highest BCUT2D eigenvalue weighted by atomic mass is 16.6. The van der Waals surface area contributed by atoms with Crippen molar-refractivity contribution >= 4 is 17.3 Å². The van der Waals surface area contributed by atoms with Gasteiger partial charge in [-0.25, -0.2) is 0 Å². The van der Waals surface area contributed by atoms with Crippen LogP contribution in [0.4, 0.5) is 11.4 Å². The summed E-state index contributed by atoms with van der Waals surface area (Å²) in [5.41, 5.74) is 0.0227. The fraction of sp³-hybridized carbons (Fsp3) is 0.450. The molecule has 3 atom stereocenters. The number of phenolic OH excluding ortho intramolecular Hbond substituents is 1. The summed E-state index contributed by atoms with van der Waals surface area (Å²) in [6.07, 6.45) is 14.9. The molecule has 1 amide bonds. The van der Waals surface area contributed by atoms with Gasteiger partial charge >= 0.3 is 0 Å². The summed E-state index contributed by atoms with van der Waals surface area (Å²) in [4.78, 5) is 22.8. The first kappa shape index (κ1) is 18.2. The Bertz CT molecular complexity index is 717. The van der Waals surface area contributed by atoms with Crippen molar-refractivity contribution in [3.8, 4) is 5.75 Å². The SMILES string of the molecule is O=C(Nc1ccc([N+](=O)[O-])cc1O)C1[C@H]2CC/C=C/CC/C=C\CC[C@@H]12. The van der Waals surface area contributed by atoms with Gasteiger partial charge in [0.25, 0.3) is 5.69 Å². The van der Waals surface area contributed by atoms with E-state index in [0.29, 0.717) is 11.8 Å². The number of hydrogen-bond acceptors (Lipinski definition) is 4. The van der Waals surface area contributed by atoms with Crippen LogP contribution >= 0.6 is 0 Å². The number of nitro groups is 1. The molecule has 138 valence electrons. The van der Waals surface area contributed by atoms with Crippen molar-refractivity contribution in [1.29, 1.82) is 0 Å². The molecule has 0 heterocycles. The third-order valence-electron chi connectivity index (χ3n) is 5.25. The Morgan fingerprint density at radius 3 is 2.15 bits per heavy atom. The number of benzene rings is 1. The highest BCUT2D eigenvalue weighted by Gasteiger charge is 2.52. The van der Waals surface area contributed by atoms with E-state index in [-0.39, 0.29) is 28.9 Å². The maximum Gasteiger partial charge on any atom is 0.273 e. The third-order valence-corrected chi connectivity index (χ3v) is 5.25. The van der Waals surface area contributed by atoms with Crippen molar-refractivity contribution < 1.29 is 14.8 Å².